The average molecular weight is 179 g/mol. The minimum Gasteiger partial charge on any atom is -0.507 e. The van der Waals surface area contributed by atoms with Crippen LogP contribution in [0.25, 0.3) is 0 Å². The van der Waals surface area contributed by atoms with E-state index in [1.165, 1.54) is 0 Å². The Bertz CT molecular complexity index is 336. The number of phenols is 1. The molecule has 3 heteroatoms. The van der Waals surface area contributed by atoms with Crippen LogP contribution in [-0.2, 0) is 0 Å². The largest absolute Gasteiger partial charge is 0.507 e. The third-order valence-corrected chi connectivity index (χ3v) is 2.44. The highest BCUT2D eigenvalue weighted by atomic mass is 16.5. The molecule has 0 aliphatic carbocycles. The van der Waals surface area contributed by atoms with Gasteiger partial charge in [0.1, 0.15) is 11.5 Å². The molecule has 1 aromatic rings. The molecule has 1 heterocycles. The molecule has 1 aromatic carbocycles. The van der Waals surface area contributed by atoms with Crippen LogP contribution < -0.4 is 10.5 Å². The number of aromatic hydroxyl groups is 1. The summed E-state index contributed by atoms with van der Waals surface area (Å²) in [7, 11) is 0. The number of rotatable bonds is 0. The Kier molecular flexibility index (Phi) is 1.88. The molecule has 0 radical (unpaired) electrons. The standard InChI is InChI=1S/C10H13NO2/c1-6-2-3-8-9(10(6)12)7(11)4-5-13-8/h2-3,7,12H,4-5,11H2,1H3/t7-/m1/s1. The molecule has 1 atom stereocenters. The molecular formula is C10H13NO2. The van der Waals surface area contributed by atoms with Crippen LogP contribution in [0.5, 0.6) is 11.5 Å². The summed E-state index contributed by atoms with van der Waals surface area (Å²) in [6.07, 6.45) is 0.768. The monoisotopic (exact) mass is 179 g/mol. The quantitative estimate of drug-likeness (QED) is 0.634. The number of hydrogen-bond donors (Lipinski definition) is 2. The van der Waals surface area contributed by atoms with Gasteiger partial charge in [-0.15, -0.1) is 0 Å². The van der Waals surface area contributed by atoms with Crippen molar-refractivity contribution in [3.8, 4) is 11.5 Å². The van der Waals surface area contributed by atoms with Gasteiger partial charge in [-0.05, 0) is 18.6 Å². The minimum atomic E-state index is -0.0938. The molecule has 3 nitrogen and oxygen atoms in total. The molecule has 70 valence electrons. The summed E-state index contributed by atoms with van der Waals surface area (Å²) in [6, 6.07) is 3.61. The van der Waals surface area contributed by atoms with Gasteiger partial charge >= 0.3 is 0 Å². The summed E-state index contributed by atoms with van der Waals surface area (Å²) in [5.74, 6) is 1.01. The Morgan fingerprint density at radius 2 is 2.31 bits per heavy atom. The zero-order chi connectivity index (χ0) is 9.42. The van der Waals surface area contributed by atoms with Crippen LogP contribution >= 0.6 is 0 Å². The van der Waals surface area contributed by atoms with Crippen molar-refractivity contribution in [2.45, 2.75) is 19.4 Å². The second-order valence-corrected chi connectivity index (χ2v) is 3.39. The summed E-state index contributed by atoms with van der Waals surface area (Å²) < 4.78 is 5.39. The molecule has 1 aliphatic heterocycles. The van der Waals surface area contributed by atoms with E-state index in [1.807, 2.05) is 19.1 Å². The van der Waals surface area contributed by atoms with Gasteiger partial charge in [-0.2, -0.15) is 0 Å². The maximum atomic E-state index is 9.75. The molecule has 13 heavy (non-hydrogen) atoms. The average Bonchev–Trinajstić information content (AvgIpc) is 2.12. The third-order valence-electron chi connectivity index (χ3n) is 2.44. The highest BCUT2D eigenvalue weighted by Crippen LogP contribution is 2.38. The second kappa shape index (κ2) is 2.92. The highest BCUT2D eigenvalue weighted by molar-refractivity contribution is 5.51. The van der Waals surface area contributed by atoms with E-state index in [2.05, 4.69) is 0 Å². The summed E-state index contributed by atoms with van der Waals surface area (Å²) in [5, 5.41) is 9.75. The van der Waals surface area contributed by atoms with Crippen LogP contribution in [0.1, 0.15) is 23.6 Å². The second-order valence-electron chi connectivity index (χ2n) is 3.39. The molecule has 0 amide bonds. The number of hydrogen-bond acceptors (Lipinski definition) is 3. The molecule has 0 bridgehead atoms. The van der Waals surface area contributed by atoms with Crippen LogP contribution in [0.2, 0.25) is 0 Å². The predicted octanol–water partition coefficient (Wildman–Crippen LogP) is 1.48. The molecular weight excluding hydrogens is 166 g/mol. The van der Waals surface area contributed by atoms with Gasteiger partial charge in [-0.25, -0.2) is 0 Å². The van der Waals surface area contributed by atoms with E-state index < -0.39 is 0 Å². The number of phenolic OH excluding ortho intramolecular Hbond substituents is 1. The van der Waals surface area contributed by atoms with E-state index in [0.29, 0.717) is 6.61 Å². The van der Waals surface area contributed by atoms with Gasteiger partial charge in [0.25, 0.3) is 0 Å². The van der Waals surface area contributed by atoms with Gasteiger partial charge in [-0.1, -0.05) is 6.07 Å². The van der Waals surface area contributed by atoms with Crippen LogP contribution in [0.4, 0.5) is 0 Å². The van der Waals surface area contributed by atoms with Crippen LogP contribution in [0.3, 0.4) is 0 Å². The first-order valence-corrected chi connectivity index (χ1v) is 4.41. The SMILES string of the molecule is Cc1ccc2c(c1O)[C@H](N)CCO2. The van der Waals surface area contributed by atoms with E-state index in [1.54, 1.807) is 0 Å². The number of ether oxygens (including phenoxy) is 1. The number of aryl methyl sites for hydroxylation is 1. The zero-order valence-electron chi connectivity index (χ0n) is 7.58. The predicted molar refractivity (Wildman–Crippen MR) is 49.9 cm³/mol. The highest BCUT2D eigenvalue weighted by Gasteiger charge is 2.22. The van der Waals surface area contributed by atoms with Crippen LogP contribution in [0.15, 0.2) is 12.1 Å². The first kappa shape index (κ1) is 8.38. The lowest BCUT2D eigenvalue weighted by molar-refractivity contribution is 0.263. The van der Waals surface area contributed by atoms with E-state index >= 15 is 0 Å². The number of fused-ring (bicyclic) bond motifs is 1. The summed E-state index contributed by atoms with van der Waals surface area (Å²) >= 11 is 0. The fourth-order valence-corrected chi connectivity index (χ4v) is 1.62. The molecule has 2 rings (SSSR count). The molecule has 0 aromatic heterocycles. The van der Waals surface area contributed by atoms with Crippen molar-refractivity contribution in [3.05, 3.63) is 23.3 Å². The lowest BCUT2D eigenvalue weighted by Gasteiger charge is -2.24. The molecule has 0 spiro atoms. The van der Waals surface area contributed by atoms with Gasteiger partial charge < -0.3 is 15.6 Å². The first-order valence-electron chi connectivity index (χ1n) is 4.41. The molecule has 0 fully saturated rings. The van der Waals surface area contributed by atoms with Crippen LogP contribution in [0, 0.1) is 6.92 Å². The van der Waals surface area contributed by atoms with Crippen molar-refractivity contribution < 1.29 is 9.84 Å². The smallest absolute Gasteiger partial charge is 0.127 e. The maximum Gasteiger partial charge on any atom is 0.127 e. The van der Waals surface area contributed by atoms with Gasteiger partial charge in [0.2, 0.25) is 0 Å². The molecule has 1 aliphatic rings. The Morgan fingerprint density at radius 3 is 3.08 bits per heavy atom. The summed E-state index contributed by atoms with van der Waals surface area (Å²) in [4.78, 5) is 0. The van der Waals surface area contributed by atoms with Crippen molar-refractivity contribution >= 4 is 0 Å². The Balaban J connectivity index is 2.58. The van der Waals surface area contributed by atoms with E-state index in [9.17, 15) is 5.11 Å². The maximum absolute atomic E-state index is 9.75. The van der Waals surface area contributed by atoms with Crippen LogP contribution in [-0.4, -0.2) is 11.7 Å². The summed E-state index contributed by atoms with van der Waals surface area (Å²) in [6.45, 7) is 2.49. The molecule has 0 saturated heterocycles. The molecule has 3 N–H and O–H groups in total. The number of nitrogens with two attached hydrogens (primary N) is 1. The Labute approximate surface area is 77.1 Å². The minimum absolute atomic E-state index is 0.0938. The third kappa shape index (κ3) is 1.25. The van der Waals surface area contributed by atoms with E-state index in [-0.39, 0.29) is 11.8 Å². The van der Waals surface area contributed by atoms with Crippen molar-refractivity contribution in [3.63, 3.8) is 0 Å². The number of benzene rings is 1. The molecule has 0 unspecified atom stereocenters. The fraction of sp³-hybridized carbons (Fsp3) is 0.400. The first-order chi connectivity index (χ1) is 6.20. The summed E-state index contributed by atoms with van der Waals surface area (Å²) in [5.41, 5.74) is 7.48. The van der Waals surface area contributed by atoms with Gasteiger partial charge in [0, 0.05) is 12.5 Å². The Hall–Kier alpha value is -1.22. The van der Waals surface area contributed by atoms with Crippen molar-refractivity contribution in [2.75, 3.05) is 6.61 Å². The van der Waals surface area contributed by atoms with Crippen molar-refractivity contribution in [1.29, 1.82) is 0 Å². The lowest BCUT2D eigenvalue weighted by Crippen LogP contribution is -2.20. The fourth-order valence-electron chi connectivity index (χ4n) is 1.62. The van der Waals surface area contributed by atoms with Crippen molar-refractivity contribution in [1.82, 2.24) is 0 Å². The lowest BCUT2D eigenvalue weighted by atomic mass is 9.98. The zero-order valence-corrected chi connectivity index (χ0v) is 7.58. The Morgan fingerprint density at radius 1 is 1.54 bits per heavy atom. The van der Waals surface area contributed by atoms with Gasteiger partial charge in [-0.3, -0.25) is 0 Å². The van der Waals surface area contributed by atoms with Gasteiger partial charge in [0.15, 0.2) is 0 Å². The van der Waals surface area contributed by atoms with E-state index in [0.717, 1.165) is 23.3 Å². The normalized spacial score (nSPS) is 20.6. The topological polar surface area (TPSA) is 55.5 Å². The van der Waals surface area contributed by atoms with Crippen molar-refractivity contribution in [2.24, 2.45) is 5.73 Å². The van der Waals surface area contributed by atoms with Gasteiger partial charge in [0.05, 0.1) is 12.2 Å². The van der Waals surface area contributed by atoms with E-state index in [4.69, 9.17) is 10.5 Å². The molecule has 0 saturated carbocycles.